The Labute approximate surface area is 152 Å². The number of hydrogen-bond donors (Lipinski definition) is 2. The monoisotopic (exact) mass is 350 g/mol. The number of aliphatic carboxylic acids is 1. The third kappa shape index (κ3) is 4.34. The number of anilines is 1. The molecule has 0 amide bonds. The quantitative estimate of drug-likeness (QED) is 0.682. The molecule has 134 valence electrons. The molecule has 0 spiro atoms. The van der Waals surface area contributed by atoms with Crippen LogP contribution < -0.4 is 5.32 Å². The molecule has 1 heterocycles. The van der Waals surface area contributed by atoms with Crippen molar-refractivity contribution >= 4 is 22.7 Å². The fourth-order valence-electron chi connectivity index (χ4n) is 2.80. The van der Waals surface area contributed by atoms with Gasteiger partial charge in [0.25, 0.3) is 0 Å². The van der Waals surface area contributed by atoms with E-state index in [2.05, 4.69) is 15.3 Å². The number of hydrogen-bond acceptors (Lipinski definition) is 5. The second-order valence-electron chi connectivity index (χ2n) is 6.47. The summed E-state index contributed by atoms with van der Waals surface area (Å²) in [6, 6.07) is 16.4. The number of fused-ring (bicyclic) bond motifs is 1. The van der Waals surface area contributed by atoms with E-state index in [-0.39, 0.29) is 0 Å². The number of nitrogens with zero attached hydrogens (tertiary/aromatic N) is 3. The van der Waals surface area contributed by atoms with E-state index in [9.17, 15) is 9.90 Å². The number of carboxylic acids is 1. The lowest BCUT2D eigenvalue weighted by Crippen LogP contribution is -2.32. The molecule has 2 N–H and O–H groups in total. The van der Waals surface area contributed by atoms with E-state index in [1.807, 2.05) is 73.6 Å². The minimum absolute atomic E-state index is 0.373. The molecule has 2 aromatic carbocycles. The largest absolute Gasteiger partial charge is 0.480 e. The lowest BCUT2D eigenvalue weighted by Gasteiger charge is -2.18. The van der Waals surface area contributed by atoms with Crippen molar-refractivity contribution in [1.82, 2.24) is 14.9 Å². The van der Waals surface area contributed by atoms with Crippen molar-refractivity contribution in [2.24, 2.45) is 0 Å². The Kier molecular flexibility index (Phi) is 5.43. The highest BCUT2D eigenvalue weighted by molar-refractivity contribution is 5.91. The van der Waals surface area contributed by atoms with Gasteiger partial charge in [0.1, 0.15) is 17.7 Å². The van der Waals surface area contributed by atoms with Crippen molar-refractivity contribution in [1.29, 1.82) is 0 Å². The van der Waals surface area contributed by atoms with Crippen LogP contribution in [0, 0.1) is 0 Å². The first-order valence-corrected chi connectivity index (χ1v) is 8.46. The molecule has 3 rings (SSSR count). The SMILES string of the molecule is CN(C)Cc1nc(NC(Cc2ccccc2)C(=O)O)c2ccccc2n1. The normalized spacial score (nSPS) is 12.3. The van der Waals surface area contributed by atoms with Crippen molar-refractivity contribution in [3.63, 3.8) is 0 Å². The minimum atomic E-state index is -0.911. The van der Waals surface area contributed by atoms with Crippen molar-refractivity contribution in [3.8, 4) is 0 Å². The smallest absolute Gasteiger partial charge is 0.326 e. The molecule has 0 aliphatic carbocycles. The molecule has 1 atom stereocenters. The summed E-state index contributed by atoms with van der Waals surface area (Å²) in [5.74, 6) is 0.293. The fourth-order valence-corrected chi connectivity index (χ4v) is 2.80. The number of carboxylic acid groups (broad SMARTS) is 1. The lowest BCUT2D eigenvalue weighted by molar-refractivity contribution is -0.137. The van der Waals surface area contributed by atoms with E-state index in [1.54, 1.807) is 0 Å². The van der Waals surface area contributed by atoms with Gasteiger partial charge in [-0.15, -0.1) is 0 Å². The first kappa shape index (κ1) is 17.8. The number of nitrogens with one attached hydrogen (secondary N) is 1. The molecule has 0 fully saturated rings. The van der Waals surface area contributed by atoms with E-state index in [4.69, 9.17) is 0 Å². The summed E-state index contributed by atoms with van der Waals surface area (Å²) in [6.45, 7) is 0.579. The predicted octanol–water partition coefficient (Wildman–Crippen LogP) is 2.80. The third-order valence-corrected chi connectivity index (χ3v) is 4.00. The number of benzene rings is 2. The van der Waals surface area contributed by atoms with Crippen LogP contribution in [0.5, 0.6) is 0 Å². The maximum absolute atomic E-state index is 11.8. The highest BCUT2D eigenvalue weighted by atomic mass is 16.4. The van der Waals surface area contributed by atoms with Crippen LogP contribution in [-0.2, 0) is 17.8 Å². The van der Waals surface area contributed by atoms with E-state index in [1.165, 1.54) is 0 Å². The van der Waals surface area contributed by atoms with Gasteiger partial charge < -0.3 is 15.3 Å². The van der Waals surface area contributed by atoms with Crippen LogP contribution in [0.25, 0.3) is 10.9 Å². The summed E-state index contributed by atoms with van der Waals surface area (Å²) in [4.78, 5) is 22.9. The Hall–Kier alpha value is -2.99. The summed E-state index contributed by atoms with van der Waals surface area (Å²) >= 11 is 0. The van der Waals surface area contributed by atoms with Crippen LogP contribution in [0.3, 0.4) is 0 Å². The zero-order valence-electron chi connectivity index (χ0n) is 14.9. The molecular formula is C20H22N4O2. The topological polar surface area (TPSA) is 78.4 Å². The Balaban J connectivity index is 1.95. The van der Waals surface area contributed by atoms with Crippen LogP contribution in [-0.4, -0.2) is 46.1 Å². The molecular weight excluding hydrogens is 328 g/mol. The highest BCUT2D eigenvalue weighted by Gasteiger charge is 2.20. The summed E-state index contributed by atoms with van der Waals surface area (Å²) in [5.41, 5.74) is 1.75. The summed E-state index contributed by atoms with van der Waals surface area (Å²) < 4.78 is 0. The number of rotatable bonds is 7. The van der Waals surface area contributed by atoms with Crippen molar-refractivity contribution in [2.45, 2.75) is 19.0 Å². The van der Waals surface area contributed by atoms with Gasteiger partial charge in [-0.2, -0.15) is 0 Å². The summed E-state index contributed by atoms with van der Waals surface area (Å²) in [5, 5.41) is 13.6. The van der Waals surface area contributed by atoms with Gasteiger partial charge in [-0.3, -0.25) is 0 Å². The Morgan fingerprint density at radius 1 is 1.08 bits per heavy atom. The van der Waals surface area contributed by atoms with Crippen LogP contribution >= 0.6 is 0 Å². The van der Waals surface area contributed by atoms with E-state index in [0.29, 0.717) is 24.6 Å². The molecule has 1 aromatic heterocycles. The molecule has 0 aliphatic heterocycles. The van der Waals surface area contributed by atoms with Crippen molar-refractivity contribution in [2.75, 3.05) is 19.4 Å². The molecule has 0 bridgehead atoms. The number of para-hydroxylation sites is 1. The first-order valence-electron chi connectivity index (χ1n) is 8.46. The van der Waals surface area contributed by atoms with Gasteiger partial charge in [-0.25, -0.2) is 14.8 Å². The van der Waals surface area contributed by atoms with Gasteiger partial charge in [0, 0.05) is 11.8 Å². The average Bonchev–Trinajstić information content (AvgIpc) is 2.61. The number of carbonyl (C=O) groups is 1. The fraction of sp³-hybridized carbons (Fsp3) is 0.250. The molecule has 0 saturated heterocycles. The summed E-state index contributed by atoms with van der Waals surface area (Å²) in [6.07, 6.45) is 0.373. The zero-order valence-corrected chi connectivity index (χ0v) is 14.9. The van der Waals surface area contributed by atoms with Gasteiger partial charge in [0.15, 0.2) is 0 Å². The van der Waals surface area contributed by atoms with E-state index < -0.39 is 12.0 Å². The standard InChI is InChI=1S/C20H22N4O2/c1-24(2)13-18-21-16-11-7-6-10-15(16)19(23-18)22-17(20(25)26)12-14-8-4-3-5-9-14/h3-11,17H,12-13H2,1-2H3,(H,25,26)(H,21,22,23). The lowest BCUT2D eigenvalue weighted by atomic mass is 10.1. The Morgan fingerprint density at radius 3 is 2.46 bits per heavy atom. The van der Waals surface area contributed by atoms with E-state index >= 15 is 0 Å². The van der Waals surface area contributed by atoms with Crippen LogP contribution in [0.15, 0.2) is 54.6 Å². The minimum Gasteiger partial charge on any atom is -0.480 e. The molecule has 3 aromatic rings. The van der Waals surface area contributed by atoms with Crippen LogP contribution in [0.1, 0.15) is 11.4 Å². The van der Waals surface area contributed by atoms with Crippen molar-refractivity contribution in [3.05, 3.63) is 66.0 Å². The summed E-state index contributed by atoms with van der Waals surface area (Å²) in [7, 11) is 3.89. The molecule has 26 heavy (non-hydrogen) atoms. The molecule has 0 saturated carbocycles. The Bertz CT molecular complexity index is 897. The number of aromatic nitrogens is 2. The second-order valence-corrected chi connectivity index (χ2v) is 6.47. The molecule has 6 heteroatoms. The van der Waals surface area contributed by atoms with Crippen molar-refractivity contribution < 1.29 is 9.90 Å². The average molecular weight is 350 g/mol. The Morgan fingerprint density at radius 2 is 1.77 bits per heavy atom. The van der Waals surface area contributed by atoms with Gasteiger partial charge in [-0.05, 0) is 31.8 Å². The van der Waals surface area contributed by atoms with Crippen LogP contribution in [0.2, 0.25) is 0 Å². The highest BCUT2D eigenvalue weighted by Crippen LogP contribution is 2.22. The molecule has 1 unspecified atom stereocenters. The molecule has 6 nitrogen and oxygen atoms in total. The zero-order chi connectivity index (χ0) is 18.5. The van der Waals surface area contributed by atoms with Gasteiger partial charge in [-0.1, -0.05) is 42.5 Å². The second kappa shape index (κ2) is 7.93. The van der Waals surface area contributed by atoms with E-state index in [0.717, 1.165) is 16.5 Å². The predicted molar refractivity (Wildman–Crippen MR) is 102 cm³/mol. The maximum Gasteiger partial charge on any atom is 0.326 e. The molecule has 0 radical (unpaired) electrons. The first-order chi connectivity index (χ1) is 12.5. The van der Waals surface area contributed by atoms with Crippen LogP contribution in [0.4, 0.5) is 5.82 Å². The maximum atomic E-state index is 11.8. The molecule has 0 aliphatic rings. The van der Waals surface area contributed by atoms with Gasteiger partial charge in [0.2, 0.25) is 0 Å². The third-order valence-electron chi connectivity index (χ3n) is 4.00. The van der Waals surface area contributed by atoms with Gasteiger partial charge >= 0.3 is 5.97 Å². The van der Waals surface area contributed by atoms with Gasteiger partial charge in [0.05, 0.1) is 12.1 Å².